The van der Waals surface area contributed by atoms with Crippen LogP contribution in [0.25, 0.3) is 22.3 Å². The van der Waals surface area contributed by atoms with Crippen molar-refractivity contribution in [2.24, 2.45) is 23.9 Å². The van der Waals surface area contributed by atoms with Gasteiger partial charge in [-0.1, -0.05) is 13.8 Å². The van der Waals surface area contributed by atoms with Gasteiger partial charge in [-0.25, -0.2) is 29.9 Å². The van der Waals surface area contributed by atoms with Crippen LogP contribution in [-0.2, 0) is 39.3 Å². The van der Waals surface area contributed by atoms with E-state index in [9.17, 15) is 19.2 Å². The molecular formula is C36H42N16O4. The standard InChI is InChI=1S/C36H42N16O4/c1-21(14-40-27(53)10-12-51-19-46-29-31(37)42-17-44-33(29)51)35(55)48-24-6-4-23(5-7-24)39-16-25-8-9-26(50(25)3)49-36(56)22(2)15-41-28(54)11-13-52-20-47-30-32(38)43-18-45-34(30)52/h4-9,16-22H,10-15H2,1-3H3,(H,40,53)(H,41,54)(H,48,55)(H,49,56)(H2,37,42,44)(H2,38,43,45). The predicted molar refractivity (Wildman–Crippen MR) is 209 cm³/mol. The van der Waals surface area contributed by atoms with Crippen LogP contribution in [0.15, 0.2) is 66.7 Å². The average molecular weight is 763 g/mol. The molecule has 2 unspecified atom stereocenters. The molecule has 6 aromatic rings. The van der Waals surface area contributed by atoms with Crippen LogP contribution in [0.3, 0.4) is 0 Å². The minimum absolute atomic E-state index is 0.161. The second kappa shape index (κ2) is 17.3. The first-order chi connectivity index (χ1) is 27.0. The number of aryl methyl sites for hydroxylation is 2. The summed E-state index contributed by atoms with van der Waals surface area (Å²) >= 11 is 0. The maximum absolute atomic E-state index is 12.9. The molecule has 0 aliphatic heterocycles. The number of rotatable bonds is 16. The Balaban J connectivity index is 0.903. The van der Waals surface area contributed by atoms with Gasteiger partial charge in [0.15, 0.2) is 22.9 Å². The number of hydrogen-bond acceptors (Lipinski definition) is 13. The van der Waals surface area contributed by atoms with Gasteiger partial charge in [-0.2, -0.15) is 0 Å². The van der Waals surface area contributed by atoms with E-state index < -0.39 is 11.8 Å². The third kappa shape index (κ3) is 9.27. The lowest BCUT2D eigenvalue weighted by Gasteiger charge is -2.14. The second-order valence-corrected chi connectivity index (χ2v) is 13.1. The Hall–Kier alpha value is -7.25. The molecule has 6 rings (SSSR count). The van der Waals surface area contributed by atoms with Crippen LogP contribution in [0, 0.1) is 11.8 Å². The molecule has 0 aliphatic carbocycles. The van der Waals surface area contributed by atoms with Crippen LogP contribution in [-0.4, -0.2) is 86.5 Å². The van der Waals surface area contributed by atoms with Crippen LogP contribution < -0.4 is 32.7 Å². The van der Waals surface area contributed by atoms with E-state index in [4.69, 9.17) is 11.5 Å². The van der Waals surface area contributed by atoms with Crippen LogP contribution in [0.5, 0.6) is 0 Å². The number of carbonyl (C=O) groups excluding carboxylic acids is 4. The van der Waals surface area contributed by atoms with E-state index in [1.54, 1.807) is 83.8 Å². The molecule has 20 nitrogen and oxygen atoms in total. The Bertz CT molecular complexity index is 2400. The lowest BCUT2D eigenvalue weighted by molar-refractivity contribution is -0.124. The quantitative estimate of drug-likeness (QED) is 0.0771. The molecule has 0 spiro atoms. The van der Waals surface area contributed by atoms with Crippen molar-refractivity contribution in [3.8, 4) is 0 Å². The number of fused-ring (bicyclic) bond motifs is 2. The van der Waals surface area contributed by atoms with Crippen molar-refractivity contribution in [3.05, 3.63) is 67.4 Å². The molecule has 0 aliphatic rings. The Kier molecular flexibility index (Phi) is 11.9. The SMILES string of the molecule is CC(CNC(=O)CCn1cnc2c(N)ncnc21)C(=O)Nc1ccc(N=Cc2ccc(NC(=O)C(C)CNC(=O)CCn3cnc4c(N)ncnc43)n2C)cc1. The fourth-order valence-corrected chi connectivity index (χ4v) is 5.53. The van der Waals surface area contributed by atoms with Gasteiger partial charge in [-0.05, 0) is 36.4 Å². The number of nitrogens with two attached hydrogens (primary N) is 2. The van der Waals surface area contributed by atoms with Crippen molar-refractivity contribution in [1.82, 2.24) is 54.2 Å². The lowest BCUT2D eigenvalue weighted by Crippen LogP contribution is -2.34. The zero-order valence-corrected chi connectivity index (χ0v) is 31.0. The van der Waals surface area contributed by atoms with E-state index in [0.29, 0.717) is 52.6 Å². The number of hydrogen-bond donors (Lipinski definition) is 6. The number of nitrogen functional groups attached to an aromatic ring is 2. The van der Waals surface area contributed by atoms with Crippen LogP contribution >= 0.6 is 0 Å². The third-order valence-corrected chi connectivity index (χ3v) is 9.02. The molecular weight excluding hydrogens is 721 g/mol. The van der Waals surface area contributed by atoms with Crippen molar-refractivity contribution < 1.29 is 19.2 Å². The third-order valence-electron chi connectivity index (χ3n) is 9.02. The first-order valence-electron chi connectivity index (χ1n) is 17.7. The summed E-state index contributed by atoms with van der Waals surface area (Å²) in [5, 5.41) is 11.4. The Morgan fingerprint density at radius 2 is 1.23 bits per heavy atom. The summed E-state index contributed by atoms with van der Waals surface area (Å²) in [7, 11) is 1.80. The maximum Gasteiger partial charge on any atom is 0.230 e. The minimum atomic E-state index is -0.495. The number of imidazole rings is 2. The first-order valence-corrected chi connectivity index (χ1v) is 17.7. The summed E-state index contributed by atoms with van der Waals surface area (Å²) in [5.74, 6) is -0.784. The number of carbonyl (C=O) groups is 4. The topological polar surface area (TPSA) is 273 Å². The monoisotopic (exact) mass is 762 g/mol. The van der Waals surface area contributed by atoms with Gasteiger partial charge in [0.1, 0.15) is 29.5 Å². The van der Waals surface area contributed by atoms with E-state index in [0.717, 1.165) is 5.69 Å². The fourth-order valence-electron chi connectivity index (χ4n) is 5.53. The molecule has 290 valence electrons. The molecule has 56 heavy (non-hydrogen) atoms. The highest BCUT2D eigenvalue weighted by molar-refractivity contribution is 5.94. The molecule has 2 atom stereocenters. The van der Waals surface area contributed by atoms with Crippen molar-refractivity contribution >= 4 is 81.0 Å². The highest BCUT2D eigenvalue weighted by atomic mass is 16.2. The van der Waals surface area contributed by atoms with E-state index in [2.05, 4.69) is 56.2 Å². The summed E-state index contributed by atoms with van der Waals surface area (Å²) in [6.07, 6.45) is 7.83. The largest absolute Gasteiger partial charge is 0.382 e. The zero-order valence-electron chi connectivity index (χ0n) is 31.0. The lowest BCUT2D eigenvalue weighted by atomic mass is 10.1. The van der Waals surface area contributed by atoms with Crippen molar-refractivity contribution in [2.75, 3.05) is 35.2 Å². The molecule has 20 heteroatoms. The molecule has 8 N–H and O–H groups in total. The fraction of sp³-hybridized carbons (Fsp3) is 0.306. The highest BCUT2D eigenvalue weighted by Crippen LogP contribution is 2.19. The number of aliphatic imine (C=N–C) groups is 1. The summed E-state index contributed by atoms with van der Waals surface area (Å²) in [6.45, 7) is 4.48. The van der Waals surface area contributed by atoms with E-state index >= 15 is 0 Å². The molecule has 0 radical (unpaired) electrons. The van der Waals surface area contributed by atoms with Crippen molar-refractivity contribution in [1.29, 1.82) is 0 Å². The van der Waals surface area contributed by atoms with Gasteiger partial charge >= 0.3 is 0 Å². The molecule has 0 bridgehead atoms. The van der Waals surface area contributed by atoms with Gasteiger partial charge in [-0.15, -0.1) is 0 Å². The summed E-state index contributed by atoms with van der Waals surface area (Å²) in [6, 6.07) is 10.6. The predicted octanol–water partition coefficient (Wildman–Crippen LogP) is 1.78. The highest BCUT2D eigenvalue weighted by Gasteiger charge is 2.18. The van der Waals surface area contributed by atoms with Crippen molar-refractivity contribution in [2.45, 2.75) is 39.8 Å². The molecule has 5 aromatic heterocycles. The van der Waals surface area contributed by atoms with Crippen LogP contribution in [0.4, 0.5) is 28.8 Å². The summed E-state index contributed by atoms with van der Waals surface area (Å²) in [4.78, 5) is 79.8. The summed E-state index contributed by atoms with van der Waals surface area (Å²) in [5.41, 5.74) is 15.7. The number of anilines is 4. The number of nitrogens with one attached hydrogen (secondary N) is 4. The molecule has 0 fully saturated rings. The van der Waals surface area contributed by atoms with Gasteiger partial charge in [0, 0.05) is 51.8 Å². The average Bonchev–Trinajstić information content (AvgIpc) is 3.91. The zero-order chi connectivity index (χ0) is 39.8. The van der Waals surface area contributed by atoms with Gasteiger partial charge in [0.2, 0.25) is 23.6 Å². The molecule has 0 saturated carbocycles. The molecule has 1 aromatic carbocycles. The smallest absolute Gasteiger partial charge is 0.230 e. The summed E-state index contributed by atoms with van der Waals surface area (Å²) < 4.78 is 5.24. The molecule has 4 amide bonds. The Morgan fingerprint density at radius 3 is 1.77 bits per heavy atom. The number of benzene rings is 1. The maximum atomic E-state index is 12.9. The van der Waals surface area contributed by atoms with Crippen LogP contribution in [0.2, 0.25) is 0 Å². The molecule has 5 heterocycles. The van der Waals surface area contributed by atoms with Gasteiger partial charge in [0.05, 0.1) is 42.1 Å². The molecule has 0 saturated heterocycles. The minimum Gasteiger partial charge on any atom is -0.382 e. The van der Waals surface area contributed by atoms with Crippen molar-refractivity contribution in [3.63, 3.8) is 0 Å². The van der Waals surface area contributed by atoms with E-state index in [1.165, 1.54) is 12.7 Å². The Labute approximate surface area is 320 Å². The van der Waals surface area contributed by atoms with Gasteiger partial charge in [0.25, 0.3) is 0 Å². The van der Waals surface area contributed by atoms with E-state index in [1.807, 2.05) is 6.07 Å². The number of aromatic nitrogens is 9. The number of amides is 4. The van der Waals surface area contributed by atoms with Crippen LogP contribution in [0.1, 0.15) is 32.4 Å². The van der Waals surface area contributed by atoms with Gasteiger partial charge in [-0.3, -0.25) is 24.2 Å². The second-order valence-electron chi connectivity index (χ2n) is 13.1. The Morgan fingerprint density at radius 1 is 0.714 bits per heavy atom. The van der Waals surface area contributed by atoms with E-state index in [-0.39, 0.29) is 61.2 Å². The normalized spacial score (nSPS) is 12.5. The first kappa shape index (κ1) is 38.5. The number of nitrogens with zero attached hydrogens (tertiary/aromatic N) is 10. The van der Waals surface area contributed by atoms with Gasteiger partial charge < -0.3 is 46.4 Å².